The van der Waals surface area contributed by atoms with Gasteiger partial charge in [0.05, 0.1) is 17.8 Å². The Morgan fingerprint density at radius 3 is 2.35 bits per heavy atom. The van der Waals surface area contributed by atoms with E-state index in [-0.39, 0.29) is 5.91 Å². The molecule has 0 atom stereocenters. The van der Waals surface area contributed by atoms with Gasteiger partial charge in [0.15, 0.2) is 0 Å². The van der Waals surface area contributed by atoms with Crippen LogP contribution in [0.3, 0.4) is 0 Å². The summed E-state index contributed by atoms with van der Waals surface area (Å²) in [4.78, 5) is 12.5. The highest BCUT2D eigenvalue weighted by Crippen LogP contribution is 2.28. The molecule has 0 radical (unpaired) electrons. The maximum absolute atomic E-state index is 12.5. The van der Waals surface area contributed by atoms with Gasteiger partial charge in [-0.2, -0.15) is 0 Å². The third-order valence-electron chi connectivity index (χ3n) is 4.68. The minimum atomic E-state index is -0.0232. The number of carbonyl (C=O) groups excluding carboxylic acids is 1. The Kier molecular flexibility index (Phi) is 4.64. The average molecular weight is 347 g/mol. The molecule has 1 heterocycles. The van der Waals surface area contributed by atoms with Crippen LogP contribution in [0, 0.1) is 0 Å². The molecule has 3 aromatic rings. The highest BCUT2D eigenvalue weighted by Gasteiger charge is 2.18. The van der Waals surface area contributed by atoms with Crippen LogP contribution in [0.15, 0.2) is 61.2 Å². The van der Waals surface area contributed by atoms with Gasteiger partial charge in [-0.3, -0.25) is 9.36 Å². The van der Waals surface area contributed by atoms with E-state index in [1.807, 2.05) is 53.1 Å². The fourth-order valence-corrected chi connectivity index (χ4v) is 2.99. The monoisotopic (exact) mass is 347 g/mol. The quantitative estimate of drug-likeness (QED) is 0.717. The van der Waals surface area contributed by atoms with E-state index in [0.717, 1.165) is 22.6 Å². The second-order valence-electron chi connectivity index (χ2n) is 6.58. The first-order valence-electron chi connectivity index (χ1n) is 8.87. The SMILES string of the molecule is O=C(Cc1ccc(-n2cnnc2)cc1)Nc1ccccc1NC1CCC1. The van der Waals surface area contributed by atoms with Crippen LogP contribution in [0.25, 0.3) is 5.69 Å². The fourth-order valence-electron chi connectivity index (χ4n) is 2.99. The molecule has 0 spiro atoms. The van der Waals surface area contributed by atoms with Crippen molar-refractivity contribution in [2.24, 2.45) is 0 Å². The van der Waals surface area contributed by atoms with Crippen molar-refractivity contribution in [1.29, 1.82) is 0 Å². The summed E-state index contributed by atoms with van der Waals surface area (Å²) in [5.74, 6) is -0.0232. The number of para-hydroxylation sites is 2. The molecule has 0 bridgehead atoms. The third kappa shape index (κ3) is 3.74. The van der Waals surface area contributed by atoms with E-state index in [9.17, 15) is 4.79 Å². The Labute approximate surface area is 152 Å². The van der Waals surface area contributed by atoms with E-state index in [4.69, 9.17) is 0 Å². The molecule has 1 amide bonds. The number of hydrogen-bond donors (Lipinski definition) is 2. The lowest BCUT2D eigenvalue weighted by atomic mass is 9.93. The molecule has 2 N–H and O–H groups in total. The predicted octanol–water partition coefficient (Wildman–Crippen LogP) is 3.41. The topological polar surface area (TPSA) is 71.8 Å². The number of carbonyl (C=O) groups is 1. The zero-order chi connectivity index (χ0) is 17.8. The largest absolute Gasteiger partial charge is 0.381 e. The van der Waals surface area contributed by atoms with Gasteiger partial charge in [0.1, 0.15) is 12.7 Å². The van der Waals surface area contributed by atoms with E-state index in [0.29, 0.717) is 12.5 Å². The fraction of sp³-hybridized carbons (Fsp3) is 0.250. The summed E-state index contributed by atoms with van der Waals surface area (Å²) < 4.78 is 1.83. The highest BCUT2D eigenvalue weighted by atomic mass is 16.1. The van der Waals surface area contributed by atoms with E-state index in [1.165, 1.54) is 19.3 Å². The van der Waals surface area contributed by atoms with E-state index < -0.39 is 0 Å². The number of aromatic nitrogens is 3. The van der Waals surface area contributed by atoms with Crippen LogP contribution >= 0.6 is 0 Å². The predicted molar refractivity (Wildman–Crippen MR) is 101 cm³/mol. The second-order valence-corrected chi connectivity index (χ2v) is 6.58. The molecule has 0 unspecified atom stereocenters. The Morgan fingerprint density at radius 2 is 1.69 bits per heavy atom. The normalized spacial score (nSPS) is 13.8. The molecule has 2 aromatic carbocycles. The Hall–Kier alpha value is -3.15. The number of hydrogen-bond acceptors (Lipinski definition) is 4. The van der Waals surface area contributed by atoms with Gasteiger partial charge in [-0.1, -0.05) is 24.3 Å². The molecule has 1 fully saturated rings. The van der Waals surface area contributed by atoms with Crippen molar-refractivity contribution in [3.05, 3.63) is 66.7 Å². The van der Waals surface area contributed by atoms with Crippen LogP contribution in [0.2, 0.25) is 0 Å². The number of nitrogens with zero attached hydrogens (tertiary/aromatic N) is 3. The maximum Gasteiger partial charge on any atom is 0.228 e. The first-order chi connectivity index (χ1) is 12.8. The molecule has 26 heavy (non-hydrogen) atoms. The smallest absolute Gasteiger partial charge is 0.228 e. The lowest BCUT2D eigenvalue weighted by Crippen LogP contribution is -2.27. The number of rotatable bonds is 6. The molecule has 132 valence electrons. The van der Waals surface area contributed by atoms with Crippen LogP contribution in [0.4, 0.5) is 11.4 Å². The number of nitrogens with one attached hydrogen (secondary N) is 2. The van der Waals surface area contributed by atoms with Crippen molar-refractivity contribution in [3.8, 4) is 5.69 Å². The highest BCUT2D eigenvalue weighted by molar-refractivity contribution is 5.95. The van der Waals surface area contributed by atoms with Gasteiger partial charge < -0.3 is 10.6 Å². The number of anilines is 2. The molecule has 6 nitrogen and oxygen atoms in total. The van der Waals surface area contributed by atoms with Gasteiger partial charge >= 0.3 is 0 Å². The zero-order valence-electron chi connectivity index (χ0n) is 14.4. The number of amides is 1. The van der Waals surface area contributed by atoms with Gasteiger partial charge in [-0.15, -0.1) is 10.2 Å². The molecule has 1 aliphatic carbocycles. The Balaban J connectivity index is 1.39. The van der Waals surface area contributed by atoms with Crippen LogP contribution in [-0.4, -0.2) is 26.7 Å². The first kappa shape index (κ1) is 16.3. The number of benzene rings is 2. The van der Waals surface area contributed by atoms with Crippen molar-refractivity contribution in [1.82, 2.24) is 14.8 Å². The molecular weight excluding hydrogens is 326 g/mol. The Morgan fingerprint density at radius 1 is 1.00 bits per heavy atom. The summed E-state index contributed by atoms with van der Waals surface area (Å²) >= 11 is 0. The zero-order valence-corrected chi connectivity index (χ0v) is 14.4. The first-order valence-corrected chi connectivity index (χ1v) is 8.87. The van der Waals surface area contributed by atoms with Crippen LogP contribution in [0.5, 0.6) is 0 Å². The minimum Gasteiger partial charge on any atom is -0.381 e. The molecule has 1 saturated carbocycles. The molecule has 6 heteroatoms. The van der Waals surface area contributed by atoms with Gasteiger partial charge in [0.2, 0.25) is 5.91 Å². The third-order valence-corrected chi connectivity index (χ3v) is 4.68. The van der Waals surface area contributed by atoms with Gasteiger partial charge in [0.25, 0.3) is 0 Å². The Bertz CT molecular complexity index is 869. The van der Waals surface area contributed by atoms with Crippen molar-refractivity contribution >= 4 is 17.3 Å². The van der Waals surface area contributed by atoms with Crippen LogP contribution in [0.1, 0.15) is 24.8 Å². The molecule has 0 aliphatic heterocycles. The summed E-state index contributed by atoms with van der Waals surface area (Å²) in [6.45, 7) is 0. The standard InChI is InChI=1S/C20H21N5O/c26-20(12-15-8-10-17(11-9-15)25-13-21-22-14-25)24-19-7-2-1-6-18(19)23-16-4-3-5-16/h1-2,6-11,13-14,16,23H,3-5,12H2,(H,24,26). The van der Waals surface area contributed by atoms with Gasteiger partial charge in [-0.05, 0) is 49.1 Å². The summed E-state index contributed by atoms with van der Waals surface area (Å²) in [6, 6.07) is 16.2. The average Bonchev–Trinajstić information content (AvgIpc) is 3.14. The molecule has 1 aliphatic rings. The van der Waals surface area contributed by atoms with Gasteiger partial charge in [0, 0.05) is 11.7 Å². The van der Waals surface area contributed by atoms with Crippen LogP contribution in [-0.2, 0) is 11.2 Å². The van der Waals surface area contributed by atoms with Crippen molar-refractivity contribution in [2.75, 3.05) is 10.6 Å². The van der Waals surface area contributed by atoms with E-state index in [1.54, 1.807) is 12.7 Å². The van der Waals surface area contributed by atoms with Crippen LogP contribution < -0.4 is 10.6 Å². The molecular formula is C20H21N5O. The van der Waals surface area contributed by atoms with E-state index in [2.05, 4.69) is 20.8 Å². The summed E-state index contributed by atoms with van der Waals surface area (Å²) in [5, 5.41) is 14.1. The second kappa shape index (κ2) is 7.39. The van der Waals surface area contributed by atoms with Crippen molar-refractivity contribution < 1.29 is 4.79 Å². The lowest BCUT2D eigenvalue weighted by Gasteiger charge is -2.28. The van der Waals surface area contributed by atoms with Gasteiger partial charge in [-0.25, -0.2) is 0 Å². The van der Waals surface area contributed by atoms with Crippen molar-refractivity contribution in [3.63, 3.8) is 0 Å². The minimum absolute atomic E-state index is 0.0232. The summed E-state index contributed by atoms with van der Waals surface area (Å²) in [6.07, 6.45) is 7.29. The molecule has 0 saturated heterocycles. The lowest BCUT2D eigenvalue weighted by molar-refractivity contribution is -0.115. The summed E-state index contributed by atoms with van der Waals surface area (Å²) in [7, 11) is 0. The van der Waals surface area contributed by atoms with E-state index >= 15 is 0 Å². The van der Waals surface area contributed by atoms with Crippen molar-refractivity contribution in [2.45, 2.75) is 31.7 Å². The maximum atomic E-state index is 12.5. The molecule has 1 aromatic heterocycles. The summed E-state index contributed by atoms with van der Waals surface area (Å²) in [5.41, 5.74) is 3.76. The molecule has 4 rings (SSSR count).